The normalized spacial score (nSPS) is 14.0. The second-order valence-electron chi connectivity index (χ2n) is 8.41. The van der Waals surface area contributed by atoms with Gasteiger partial charge in [0.25, 0.3) is 0 Å². The Morgan fingerprint density at radius 3 is 2.62 bits per heavy atom. The van der Waals surface area contributed by atoms with Crippen LogP contribution in [0.4, 0.5) is 11.8 Å². The standard InChI is InChI=1S/C24H35N7O.C2H6/c1-3-4-5-9-27-23-22-20(28-24(25)29-23)8-12-31(22)17-19-7-6-18(15-21(19)32-2)16-30-13-10-26-11-14-30;1-2/h6-8,12,15,26H,3-5,9-11,13-14,16-17H2,1-2H3,(H3,25,27,28,29);1-2H3. The van der Waals surface area contributed by atoms with E-state index in [4.69, 9.17) is 10.5 Å². The van der Waals surface area contributed by atoms with Crippen LogP contribution < -0.4 is 21.1 Å². The minimum atomic E-state index is 0.295. The molecule has 0 atom stereocenters. The van der Waals surface area contributed by atoms with Gasteiger partial charge in [0, 0.05) is 51.0 Å². The number of aromatic nitrogens is 3. The number of hydrogen-bond acceptors (Lipinski definition) is 7. The summed E-state index contributed by atoms with van der Waals surface area (Å²) in [6.45, 7) is 13.0. The first-order valence-corrected chi connectivity index (χ1v) is 12.6. The Labute approximate surface area is 203 Å². The predicted octanol–water partition coefficient (Wildman–Crippen LogP) is 4.10. The molecule has 0 unspecified atom stereocenters. The first-order valence-electron chi connectivity index (χ1n) is 12.6. The van der Waals surface area contributed by atoms with Crippen LogP contribution in [-0.2, 0) is 13.1 Å². The molecule has 1 aliphatic heterocycles. The zero-order valence-electron chi connectivity index (χ0n) is 21.2. The molecule has 1 aromatic carbocycles. The average molecular weight is 468 g/mol. The molecule has 0 spiro atoms. The van der Waals surface area contributed by atoms with E-state index in [2.05, 4.69) is 55.2 Å². The van der Waals surface area contributed by atoms with Gasteiger partial charge in [0.15, 0.2) is 5.82 Å². The number of piperazine rings is 1. The molecular weight excluding hydrogens is 426 g/mol. The molecule has 2 aromatic heterocycles. The number of anilines is 2. The quantitative estimate of drug-likeness (QED) is 0.387. The molecule has 8 heteroatoms. The number of methoxy groups -OCH3 is 1. The Hall–Kier alpha value is -2.84. The first kappa shape index (κ1) is 25.8. The maximum Gasteiger partial charge on any atom is 0.222 e. The third-order valence-electron chi connectivity index (χ3n) is 6.01. The molecule has 186 valence electrons. The highest BCUT2D eigenvalue weighted by Crippen LogP contribution is 2.27. The number of nitrogens with zero attached hydrogens (tertiary/aromatic N) is 4. The van der Waals surface area contributed by atoms with Crippen molar-refractivity contribution < 1.29 is 4.74 Å². The van der Waals surface area contributed by atoms with Crippen LogP contribution in [0.25, 0.3) is 11.0 Å². The van der Waals surface area contributed by atoms with E-state index in [1.54, 1.807) is 7.11 Å². The van der Waals surface area contributed by atoms with Crippen molar-refractivity contribution in [2.75, 3.05) is 50.9 Å². The molecular formula is C26H41N7O. The summed E-state index contributed by atoms with van der Waals surface area (Å²) in [6.07, 6.45) is 5.52. The van der Waals surface area contributed by atoms with Crippen LogP contribution in [0.15, 0.2) is 30.5 Å². The molecule has 4 N–H and O–H groups in total. The van der Waals surface area contributed by atoms with Crippen molar-refractivity contribution in [3.63, 3.8) is 0 Å². The molecule has 8 nitrogen and oxygen atoms in total. The Morgan fingerprint density at radius 1 is 1.09 bits per heavy atom. The van der Waals surface area contributed by atoms with Gasteiger partial charge in [-0.15, -0.1) is 0 Å². The van der Waals surface area contributed by atoms with Crippen molar-refractivity contribution in [3.8, 4) is 5.75 Å². The van der Waals surface area contributed by atoms with Crippen LogP contribution in [0.2, 0.25) is 0 Å². The van der Waals surface area contributed by atoms with Gasteiger partial charge in [-0.25, -0.2) is 4.98 Å². The number of hydrogen-bond donors (Lipinski definition) is 3. The van der Waals surface area contributed by atoms with E-state index in [1.807, 2.05) is 26.1 Å². The van der Waals surface area contributed by atoms with Gasteiger partial charge < -0.3 is 25.7 Å². The third-order valence-corrected chi connectivity index (χ3v) is 6.01. The fourth-order valence-electron chi connectivity index (χ4n) is 4.29. The Morgan fingerprint density at radius 2 is 1.88 bits per heavy atom. The molecule has 4 rings (SSSR count). The maximum absolute atomic E-state index is 5.96. The topological polar surface area (TPSA) is 93.3 Å². The minimum absolute atomic E-state index is 0.295. The molecule has 0 saturated carbocycles. The van der Waals surface area contributed by atoms with Crippen molar-refractivity contribution >= 4 is 22.8 Å². The molecule has 1 saturated heterocycles. The fourth-order valence-corrected chi connectivity index (χ4v) is 4.29. The lowest BCUT2D eigenvalue weighted by Crippen LogP contribution is -2.42. The van der Waals surface area contributed by atoms with Gasteiger partial charge >= 0.3 is 0 Å². The van der Waals surface area contributed by atoms with E-state index in [1.165, 1.54) is 18.4 Å². The number of ether oxygens (including phenoxy) is 1. The third kappa shape index (κ3) is 6.61. The number of benzene rings is 1. The summed E-state index contributed by atoms with van der Waals surface area (Å²) in [5.41, 5.74) is 10.2. The van der Waals surface area contributed by atoms with E-state index in [0.717, 1.165) is 73.9 Å². The summed E-state index contributed by atoms with van der Waals surface area (Å²) in [5.74, 6) is 2.00. The van der Waals surface area contributed by atoms with Crippen LogP contribution >= 0.6 is 0 Å². The lowest BCUT2D eigenvalue weighted by atomic mass is 10.1. The predicted molar refractivity (Wildman–Crippen MR) is 142 cm³/mol. The molecule has 34 heavy (non-hydrogen) atoms. The van der Waals surface area contributed by atoms with Crippen molar-refractivity contribution in [1.82, 2.24) is 24.8 Å². The molecule has 0 radical (unpaired) electrons. The molecule has 0 amide bonds. The summed E-state index contributed by atoms with van der Waals surface area (Å²) < 4.78 is 7.94. The number of nitrogens with one attached hydrogen (secondary N) is 2. The summed E-state index contributed by atoms with van der Waals surface area (Å²) in [7, 11) is 1.74. The highest BCUT2D eigenvalue weighted by atomic mass is 16.5. The van der Waals surface area contributed by atoms with E-state index in [9.17, 15) is 0 Å². The Kier molecular flexibility index (Phi) is 9.97. The number of nitrogens with two attached hydrogens (primary N) is 1. The summed E-state index contributed by atoms with van der Waals surface area (Å²) in [5, 5.41) is 6.87. The van der Waals surface area contributed by atoms with Gasteiger partial charge in [-0.05, 0) is 24.1 Å². The Balaban J connectivity index is 0.00000158. The van der Waals surface area contributed by atoms with Crippen molar-refractivity contribution in [3.05, 3.63) is 41.6 Å². The van der Waals surface area contributed by atoms with Crippen LogP contribution in [0, 0.1) is 0 Å². The highest BCUT2D eigenvalue weighted by molar-refractivity contribution is 5.87. The maximum atomic E-state index is 5.96. The molecule has 3 aromatic rings. The second kappa shape index (κ2) is 13.2. The largest absolute Gasteiger partial charge is 0.496 e. The molecule has 0 aliphatic carbocycles. The van der Waals surface area contributed by atoms with Crippen molar-refractivity contribution in [1.29, 1.82) is 0 Å². The summed E-state index contributed by atoms with van der Waals surface area (Å²) in [4.78, 5) is 11.4. The highest BCUT2D eigenvalue weighted by Gasteiger charge is 2.15. The van der Waals surface area contributed by atoms with Gasteiger partial charge in [0.1, 0.15) is 11.3 Å². The number of fused-ring (bicyclic) bond motifs is 1. The lowest BCUT2D eigenvalue weighted by Gasteiger charge is -2.27. The van der Waals surface area contributed by atoms with Gasteiger partial charge in [0.2, 0.25) is 5.95 Å². The van der Waals surface area contributed by atoms with Crippen LogP contribution in [-0.4, -0.2) is 59.3 Å². The monoisotopic (exact) mass is 467 g/mol. The second-order valence-corrected chi connectivity index (χ2v) is 8.41. The molecule has 0 bridgehead atoms. The van der Waals surface area contributed by atoms with Crippen LogP contribution in [0.1, 0.15) is 51.2 Å². The average Bonchev–Trinajstić information content (AvgIpc) is 3.27. The number of nitrogen functional groups attached to an aromatic ring is 1. The summed E-state index contributed by atoms with van der Waals surface area (Å²) in [6, 6.07) is 8.55. The van der Waals surface area contributed by atoms with Gasteiger partial charge in [-0.1, -0.05) is 45.7 Å². The molecule has 1 fully saturated rings. The van der Waals surface area contributed by atoms with Crippen LogP contribution in [0.3, 0.4) is 0 Å². The first-order chi connectivity index (χ1) is 16.7. The zero-order chi connectivity index (χ0) is 24.3. The molecule has 3 heterocycles. The van der Waals surface area contributed by atoms with E-state index in [-0.39, 0.29) is 0 Å². The van der Waals surface area contributed by atoms with Gasteiger partial charge in [0.05, 0.1) is 19.2 Å². The van der Waals surface area contributed by atoms with Gasteiger partial charge in [-0.3, -0.25) is 4.90 Å². The summed E-state index contributed by atoms with van der Waals surface area (Å²) >= 11 is 0. The number of unbranched alkanes of at least 4 members (excludes halogenated alkanes) is 2. The van der Waals surface area contributed by atoms with Crippen molar-refractivity contribution in [2.24, 2.45) is 0 Å². The fraction of sp³-hybridized carbons (Fsp3) is 0.538. The SMILES string of the molecule is CC.CCCCCNc1nc(N)nc2ccn(Cc3ccc(CN4CCNCC4)cc3OC)c12. The van der Waals surface area contributed by atoms with E-state index >= 15 is 0 Å². The zero-order valence-corrected chi connectivity index (χ0v) is 21.2. The lowest BCUT2D eigenvalue weighted by molar-refractivity contribution is 0.233. The smallest absolute Gasteiger partial charge is 0.222 e. The Bertz CT molecular complexity index is 1030. The van der Waals surface area contributed by atoms with E-state index < -0.39 is 0 Å². The number of rotatable bonds is 10. The van der Waals surface area contributed by atoms with E-state index in [0.29, 0.717) is 12.5 Å². The molecule has 1 aliphatic rings. The van der Waals surface area contributed by atoms with Gasteiger partial charge in [-0.2, -0.15) is 4.98 Å². The minimum Gasteiger partial charge on any atom is -0.496 e. The van der Waals surface area contributed by atoms with Crippen LogP contribution in [0.5, 0.6) is 5.75 Å². The van der Waals surface area contributed by atoms with Crippen molar-refractivity contribution in [2.45, 2.75) is 53.1 Å².